The fourth-order valence-corrected chi connectivity index (χ4v) is 3.17. The van der Waals surface area contributed by atoms with Crippen LogP contribution in [0.5, 0.6) is 11.5 Å². The Balaban J connectivity index is 1.93. The second kappa shape index (κ2) is 9.21. The summed E-state index contributed by atoms with van der Waals surface area (Å²) in [5, 5.41) is 29.4. The molecule has 0 saturated heterocycles. The van der Waals surface area contributed by atoms with Gasteiger partial charge in [0.15, 0.2) is 5.96 Å². The Kier molecular flexibility index (Phi) is 7.14. The van der Waals surface area contributed by atoms with Gasteiger partial charge in [0.1, 0.15) is 37.4 Å². The van der Waals surface area contributed by atoms with E-state index in [4.69, 9.17) is 25.4 Å². The van der Waals surface area contributed by atoms with Crippen LogP contribution in [0.1, 0.15) is 35.6 Å². The average Bonchev–Trinajstić information content (AvgIpc) is 2.71. The van der Waals surface area contributed by atoms with Gasteiger partial charge in [0.2, 0.25) is 5.60 Å². The lowest BCUT2D eigenvalue weighted by molar-refractivity contribution is -0.167. The zero-order valence-corrected chi connectivity index (χ0v) is 17.6. The molecule has 2 rings (SSSR count). The molecule has 10 heteroatoms. The van der Waals surface area contributed by atoms with Crippen molar-refractivity contribution in [2.24, 2.45) is 5.73 Å². The average molecular weight is 423 g/mol. The Hall–Kier alpha value is -3.01. The molecule has 0 fully saturated rings. The quantitative estimate of drug-likeness (QED) is 0.236. The Bertz CT molecular complexity index is 856. The van der Waals surface area contributed by atoms with Gasteiger partial charge in [0.05, 0.1) is 0 Å². The van der Waals surface area contributed by atoms with Gasteiger partial charge >= 0.3 is 11.9 Å². The number of ether oxygens (including phenoxy) is 3. The Morgan fingerprint density at radius 3 is 2.50 bits per heavy atom. The smallest absolute Gasteiger partial charge is 0.350 e. The predicted octanol–water partition coefficient (Wildman–Crippen LogP) is 0.332. The minimum Gasteiger partial charge on any atom is -0.507 e. The largest absolute Gasteiger partial charge is 0.507 e. The third-order valence-corrected chi connectivity index (χ3v) is 5.22. The van der Waals surface area contributed by atoms with E-state index < -0.39 is 23.6 Å². The number of aliphatic hydroxyl groups excluding tert-OH is 1. The number of phenolic OH excluding ortho intramolecular Hbond substituents is 1. The highest BCUT2D eigenvalue weighted by atomic mass is 16.6. The number of rotatable bonds is 7. The second-order valence-electron chi connectivity index (χ2n) is 7.57. The molecule has 0 radical (unpaired) electrons. The molecule has 166 valence electrons. The molecule has 2 atom stereocenters. The maximum Gasteiger partial charge on any atom is 0.350 e. The van der Waals surface area contributed by atoms with E-state index in [1.807, 2.05) is 13.8 Å². The first-order chi connectivity index (χ1) is 14.0. The first-order valence-electron chi connectivity index (χ1n) is 9.55. The minimum atomic E-state index is -1.24. The highest BCUT2D eigenvalue weighted by Gasteiger charge is 2.42. The van der Waals surface area contributed by atoms with Crippen molar-refractivity contribution in [1.82, 2.24) is 5.32 Å². The summed E-state index contributed by atoms with van der Waals surface area (Å²) in [6.45, 7) is 6.00. The third-order valence-electron chi connectivity index (χ3n) is 5.22. The van der Waals surface area contributed by atoms with Gasteiger partial charge in [-0.2, -0.15) is 0 Å². The van der Waals surface area contributed by atoms with Crippen molar-refractivity contribution in [2.75, 3.05) is 19.8 Å². The molecule has 0 aliphatic carbocycles. The predicted molar refractivity (Wildman–Crippen MR) is 108 cm³/mol. The van der Waals surface area contributed by atoms with Crippen molar-refractivity contribution < 1.29 is 34.0 Å². The van der Waals surface area contributed by atoms with E-state index in [0.717, 1.165) is 16.7 Å². The highest BCUT2D eigenvalue weighted by Crippen LogP contribution is 2.43. The van der Waals surface area contributed by atoms with Crippen LogP contribution in [0.2, 0.25) is 0 Å². The van der Waals surface area contributed by atoms with Crippen molar-refractivity contribution in [1.29, 1.82) is 5.41 Å². The van der Waals surface area contributed by atoms with E-state index in [9.17, 15) is 19.8 Å². The molecule has 0 aromatic heterocycles. The molecule has 0 amide bonds. The lowest BCUT2D eigenvalue weighted by Crippen LogP contribution is -2.46. The van der Waals surface area contributed by atoms with E-state index in [2.05, 4.69) is 5.32 Å². The number of fused-ring (bicyclic) bond motifs is 1. The van der Waals surface area contributed by atoms with Crippen LogP contribution < -0.4 is 15.8 Å². The molecule has 0 saturated carbocycles. The number of hydrogen-bond donors (Lipinski definition) is 5. The third kappa shape index (κ3) is 5.12. The first-order valence-corrected chi connectivity index (χ1v) is 9.55. The van der Waals surface area contributed by atoms with Gasteiger partial charge in [-0.1, -0.05) is 0 Å². The Morgan fingerprint density at radius 1 is 1.23 bits per heavy atom. The van der Waals surface area contributed by atoms with Crippen molar-refractivity contribution in [2.45, 2.75) is 52.2 Å². The summed E-state index contributed by atoms with van der Waals surface area (Å²) < 4.78 is 16.0. The number of phenols is 1. The number of guanidine groups is 1. The molecule has 10 nitrogen and oxygen atoms in total. The van der Waals surface area contributed by atoms with Crippen molar-refractivity contribution in [3.05, 3.63) is 22.3 Å². The number of carbonyl (C=O) groups excluding carboxylic acids is 2. The molecular formula is C20H29N3O7. The molecule has 1 heterocycles. The van der Waals surface area contributed by atoms with Gasteiger partial charge in [0, 0.05) is 12.0 Å². The fraction of sp³-hybridized carbons (Fsp3) is 0.550. The topological polar surface area (TPSA) is 164 Å². The van der Waals surface area contributed by atoms with Crippen molar-refractivity contribution in [3.8, 4) is 11.5 Å². The second-order valence-corrected chi connectivity index (χ2v) is 7.57. The molecule has 6 N–H and O–H groups in total. The first kappa shape index (κ1) is 23.3. The van der Waals surface area contributed by atoms with Crippen LogP contribution in [0.25, 0.3) is 0 Å². The molecule has 1 aliphatic rings. The van der Waals surface area contributed by atoms with Gasteiger partial charge in [-0.15, -0.1) is 0 Å². The molecule has 1 aromatic rings. The van der Waals surface area contributed by atoms with Crippen LogP contribution in [0, 0.1) is 26.2 Å². The summed E-state index contributed by atoms with van der Waals surface area (Å²) in [5.41, 5.74) is 6.88. The molecular weight excluding hydrogens is 394 g/mol. The van der Waals surface area contributed by atoms with Crippen molar-refractivity contribution in [3.63, 3.8) is 0 Å². The summed E-state index contributed by atoms with van der Waals surface area (Å²) in [4.78, 5) is 24.1. The van der Waals surface area contributed by atoms with Gasteiger partial charge < -0.3 is 35.5 Å². The number of hydrogen-bond acceptors (Lipinski definition) is 8. The number of nitrogens with two attached hydrogens (primary N) is 1. The van der Waals surface area contributed by atoms with E-state index >= 15 is 0 Å². The number of benzene rings is 1. The fourth-order valence-electron chi connectivity index (χ4n) is 3.17. The Labute approximate surface area is 174 Å². The number of aliphatic hydroxyl groups is 1. The van der Waals surface area contributed by atoms with Crippen LogP contribution >= 0.6 is 0 Å². The molecule has 1 aliphatic heterocycles. The zero-order valence-electron chi connectivity index (χ0n) is 17.6. The number of carbonyl (C=O) groups is 2. The minimum absolute atomic E-state index is 0.234. The lowest BCUT2D eigenvalue weighted by atomic mass is 9.87. The van der Waals surface area contributed by atoms with E-state index in [1.54, 1.807) is 13.8 Å². The monoisotopic (exact) mass is 423 g/mol. The summed E-state index contributed by atoms with van der Waals surface area (Å²) in [5.74, 6) is -0.920. The van der Waals surface area contributed by atoms with Crippen LogP contribution in [-0.2, 0) is 25.5 Å². The molecule has 0 spiro atoms. The summed E-state index contributed by atoms with van der Waals surface area (Å²) in [6.07, 6.45) is -0.327. The van der Waals surface area contributed by atoms with Crippen LogP contribution in [0.15, 0.2) is 0 Å². The summed E-state index contributed by atoms with van der Waals surface area (Å²) in [7, 11) is 0. The number of nitrogens with one attached hydrogen (secondary N) is 2. The number of aromatic hydroxyl groups is 1. The van der Waals surface area contributed by atoms with Gasteiger partial charge in [-0.25, -0.2) is 4.79 Å². The SMILES string of the molecule is Cc1c(C)c2c(c(C)c1O)CCC(C)(C(=O)OCC(O)COC(=O)CNC(=N)N)O2. The normalized spacial score (nSPS) is 18.6. The standard InChI is InChI=1S/C20H29N3O7/c1-10-11(2)17-14(12(3)16(10)26)5-6-20(4,30-17)18(27)29-9-13(24)8-28-15(25)7-23-19(21)22/h13,24,26H,5-9H2,1-4H3,(H4,21,22,23). The molecule has 0 bridgehead atoms. The zero-order chi connectivity index (χ0) is 22.6. The highest BCUT2D eigenvalue weighted by molar-refractivity contribution is 5.81. The summed E-state index contributed by atoms with van der Waals surface area (Å²) in [6, 6.07) is 0. The van der Waals surface area contributed by atoms with Gasteiger partial charge in [-0.05, 0) is 50.8 Å². The van der Waals surface area contributed by atoms with Crippen LogP contribution in [-0.4, -0.2) is 59.6 Å². The Morgan fingerprint density at radius 2 is 1.87 bits per heavy atom. The maximum absolute atomic E-state index is 12.6. The number of esters is 2. The maximum atomic E-state index is 12.6. The molecule has 30 heavy (non-hydrogen) atoms. The molecule has 2 unspecified atom stereocenters. The van der Waals surface area contributed by atoms with E-state index in [1.165, 1.54) is 0 Å². The van der Waals surface area contributed by atoms with Crippen molar-refractivity contribution >= 4 is 17.9 Å². The van der Waals surface area contributed by atoms with E-state index in [0.29, 0.717) is 24.2 Å². The van der Waals surface area contributed by atoms with Gasteiger partial charge in [-0.3, -0.25) is 10.2 Å². The molecule has 1 aromatic carbocycles. The van der Waals surface area contributed by atoms with E-state index in [-0.39, 0.29) is 31.5 Å². The van der Waals surface area contributed by atoms with Crippen LogP contribution in [0.3, 0.4) is 0 Å². The van der Waals surface area contributed by atoms with Gasteiger partial charge in [0.25, 0.3) is 0 Å². The lowest BCUT2D eigenvalue weighted by Gasteiger charge is -2.36. The summed E-state index contributed by atoms with van der Waals surface area (Å²) >= 11 is 0. The van der Waals surface area contributed by atoms with Crippen LogP contribution in [0.4, 0.5) is 0 Å².